The summed E-state index contributed by atoms with van der Waals surface area (Å²) in [6, 6.07) is 9.59. The lowest BCUT2D eigenvalue weighted by molar-refractivity contribution is -0.126. The van der Waals surface area contributed by atoms with Gasteiger partial charge in [0.25, 0.3) is 0 Å². The molecule has 0 aliphatic rings. The fraction of sp³-hybridized carbons (Fsp3) is 0.467. The number of carbonyl (C=O) groups is 2. The van der Waals surface area contributed by atoms with Crippen molar-refractivity contribution in [3.05, 3.63) is 35.9 Å². The Balaban J connectivity index is 2.32. The lowest BCUT2D eigenvalue weighted by Crippen LogP contribution is -2.40. The molecule has 0 bridgehead atoms. The lowest BCUT2D eigenvalue weighted by Gasteiger charge is -2.20. The largest absolute Gasteiger partial charge is 0.351 e. The van der Waals surface area contributed by atoms with Crippen LogP contribution in [0.5, 0.6) is 0 Å². The summed E-state index contributed by atoms with van der Waals surface area (Å²) in [4.78, 5) is 23.3. The van der Waals surface area contributed by atoms with Gasteiger partial charge in [0.15, 0.2) is 0 Å². The highest BCUT2D eigenvalue weighted by molar-refractivity contribution is 5.86. The molecule has 3 nitrogen and oxygen atoms in total. The average molecular weight is 247 g/mol. The first-order chi connectivity index (χ1) is 8.37. The van der Waals surface area contributed by atoms with Crippen molar-refractivity contribution in [2.24, 2.45) is 0 Å². The van der Waals surface area contributed by atoms with Crippen LogP contribution in [0.3, 0.4) is 0 Å². The number of amides is 1. The van der Waals surface area contributed by atoms with Gasteiger partial charge in [-0.15, -0.1) is 0 Å². The molecule has 0 heterocycles. The highest BCUT2D eigenvalue weighted by Gasteiger charge is 2.14. The van der Waals surface area contributed by atoms with Crippen molar-refractivity contribution in [1.29, 1.82) is 0 Å². The van der Waals surface area contributed by atoms with E-state index in [1.807, 2.05) is 51.1 Å². The number of carbonyl (C=O) groups excluding carboxylic acids is 2. The second kappa shape index (κ2) is 6.34. The first-order valence-corrected chi connectivity index (χ1v) is 6.23. The van der Waals surface area contributed by atoms with Crippen LogP contribution in [0.1, 0.15) is 39.2 Å². The van der Waals surface area contributed by atoms with Crippen LogP contribution in [0.4, 0.5) is 0 Å². The van der Waals surface area contributed by atoms with Crippen molar-refractivity contribution >= 4 is 11.7 Å². The second-order valence-corrected chi connectivity index (χ2v) is 5.50. The third kappa shape index (κ3) is 6.18. The first kappa shape index (κ1) is 14.4. The van der Waals surface area contributed by atoms with Crippen molar-refractivity contribution in [3.8, 4) is 0 Å². The molecule has 3 heteroatoms. The molecule has 1 aromatic carbocycles. The summed E-state index contributed by atoms with van der Waals surface area (Å²) in [7, 11) is 0. The molecule has 0 spiro atoms. The Morgan fingerprint density at radius 3 is 2.22 bits per heavy atom. The average Bonchev–Trinajstić information content (AvgIpc) is 2.25. The number of rotatable bonds is 5. The van der Waals surface area contributed by atoms with Gasteiger partial charge < -0.3 is 5.32 Å². The normalized spacial score (nSPS) is 11.1. The van der Waals surface area contributed by atoms with Gasteiger partial charge in [-0.1, -0.05) is 30.3 Å². The summed E-state index contributed by atoms with van der Waals surface area (Å²) in [5, 5.41) is 2.85. The molecule has 0 aliphatic carbocycles. The van der Waals surface area contributed by atoms with Crippen LogP contribution in [0.15, 0.2) is 30.3 Å². The maximum absolute atomic E-state index is 11.7. The van der Waals surface area contributed by atoms with Gasteiger partial charge >= 0.3 is 0 Å². The van der Waals surface area contributed by atoms with Gasteiger partial charge in [0.1, 0.15) is 5.78 Å². The maximum Gasteiger partial charge on any atom is 0.220 e. The number of benzene rings is 1. The van der Waals surface area contributed by atoms with E-state index >= 15 is 0 Å². The molecule has 0 fully saturated rings. The molecule has 1 aromatic rings. The van der Waals surface area contributed by atoms with E-state index in [0.29, 0.717) is 12.8 Å². The zero-order chi connectivity index (χ0) is 13.6. The topological polar surface area (TPSA) is 46.2 Å². The molecule has 0 aliphatic heterocycles. The number of hydrogen-bond acceptors (Lipinski definition) is 2. The Kier molecular flexibility index (Phi) is 5.08. The van der Waals surface area contributed by atoms with E-state index in [4.69, 9.17) is 0 Å². The Labute approximate surface area is 109 Å². The predicted octanol–water partition coefficient (Wildman–Crippen LogP) is 2.49. The SMILES string of the molecule is CC(C)(C)NC(=O)CCC(=O)Cc1ccccc1. The monoisotopic (exact) mass is 247 g/mol. The van der Waals surface area contributed by atoms with Gasteiger partial charge in [0.2, 0.25) is 5.91 Å². The van der Waals surface area contributed by atoms with Crippen molar-refractivity contribution in [3.63, 3.8) is 0 Å². The maximum atomic E-state index is 11.7. The summed E-state index contributed by atoms with van der Waals surface area (Å²) >= 11 is 0. The molecule has 1 amide bonds. The van der Waals surface area contributed by atoms with Crippen molar-refractivity contribution in [2.45, 2.75) is 45.6 Å². The summed E-state index contributed by atoms with van der Waals surface area (Å²) in [6.45, 7) is 5.78. The summed E-state index contributed by atoms with van der Waals surface area (Å²) < 4.78 is 0. The van der Waals surface area contributed by atoms with Crippen LogP contribution >= 0.6 is 0 Å². The van der Waals surface area contributed by atoms with Crippen LogP contribution in [-0.2, 0) is 16.0 Å². The third-order valence-corrected chi connectivity index (χ3v) is 2.39. The minimum Gasteiger partial charge on any atom is -0.351 e. The molecule has 98 valence electrons. The third-order valence-electron chi connectivity index (χ3n) is 2.39. The van der Waals surface area contributed by atoms with E-state index in [2.05, 4.69) is 5.32 Å². The molecule has 1 rings (SSSR count). The van der Waals surface area contributed by atoms with Crippen LogP contribution < -0.4 is 5.32 Å². The molecule has 0 saturated heterocycles. The molecule has 1 N–H and O–H groups in total. The number of hydrogen-bond donors (Lipinski definition) is 1. The Morgan fingerprint density at radius 2 is 1.67 bits per heavy atom. The van der Waals surface area contributed by atoms with E-state index in [1.165, 1.54) is 0 Å². The highest BCUT2D eigenvalue weighted by atomic mass is 16.2. The van der Waals surface area contributed by atoms with Gasteiger partial charge in [-0.2, -0.15) is 0 Å². The van der Waals surface area contributed by atoms with Crippen molar-refractivity contribution < 1.29 is 9.59 Å². The Morgan fingerprint density at radius 1 is 1.06 bits per heavy atom. The van der Waals surface area contributed by atoms with Gasteiger partial charge in [-0.25, -0.2) is 0 Å². The first-order valence-electron chi connectivity index (χ1n) is 6.23. The smallest absolute Gasteiger partial charge is 0.220 e. The van der Waals surface area contributed by atoms with Gasteiger partial charge in [-0.05, 0) is 26.3 Å². The van der Waals surface area contributed by atoms with Gasteiger partial charge in [0, 0.05) is 24.8 Å². The molecule has 0 saturated carbocycles. The van der Waals surface area contributed by atoms with Crippen LogP contribution in [0.25, 0.3) is 0 Å². The number of Topliss-reactive ketones (excluding diaryl/α,β-unsaturated/α-hetero) is 1. The molecule has 0 atom stereocenters. The highest BCUT2D eigenvalue weighted by Crippen LogP contribution is 2.05. The van der Waals surface area contributed by atoms with E-state index in [0.717, 1.165) is 5.56 Å². The lowest BCUT2D eigenvalue weighted by atomic mass is 10.0. The van der Waals surface area contributed by atoms with E-state index in [-0.39, 0.29) is 23.7 Å². The standard InChI is InChI=1S/C15H21NO2/c1-15(2,3)16-14(18)10-9-13(17)11-12-7-5-4-6-8-12/h4-8H,9-11H2,1-3H3,(H,16,18). The van der Waals surface area contributed by atoms with Gasteiger partial charge in [0.05, 0.1) is 0 Å². The number of nitrogens with one attached hydrogen (secondary N) is 1. The van der Waals surface area contributed by atoms with E-state index in [1.54, 1.807) is 0 Å². The van der Waals surface area contributed by atoms with E-state index in [9.17, 15) is 9.59 Å². The summed E-state index contributed by atoms with van der Waals surface area (Å²) in [5.41, 5.74) is 0.762. The summed E-state index contributed by atoms with van der Waals surface area (Å²) in [5.74, 6) is 0.0363. The predicted molar refractivity (Wildman–Crippen MR) is 72.3 cm³/mol. The number of ketones is 1. The molecule has 0 radical (unpaired) electrons. The fourth-order valence-electron chi connectivity index (χ4n) is 1.65. The van der Waals surface area contributed by atoms with Gasteiger partial charge in [-0.3, -0.25) is 9.59 Å². The molecule has 0 unspecified atom stereocenters. The van der Waals surface area contributed by atoms with Crippen LogP contribution in [0, 0.1) is 0 Å². The minimum atomic E-state index is -0.237. The van der Waals surface area contributed by atoms with Crippen molar-refractivity contribution in [2.75, 3.05) is 0 Å². The Bertz CT molecular complexity index is 404. The zero-order valence-corrected chi connectivity index (χ0v) is 11.3. The molecule has 18 heavy (non-hydrogen) atoms. The van der Waals surface area contributed by atoms with Crippen LogP contribution in [0.2, 0.25) is 0 Å². The van der Waals surface area contributed by atoms with Crippen molar-refractivity contribution in [1.82, 2.24) is 5.32 Å². The Hall–Kier alpha value is -1.64. The quantitative estimate of drug-likeness (QED) is 0.869. The zero-order valence-electron chi connectivity index (χ0n) is 11.3. The minimum absolute atomic E-state index is 0.0658. The second-order valence-electron chi connectivity index (χ2n) is 5.50. The molecular weight excluding hydrogens is 226 g/mol. The molecule has 0 aromatic heterocycles. The summed E-state index contributed by atoms with van der Waals surface area (Å²) in [6.07, 6.45) is 0.976. The van der Waals surface area contributed by atoms with Crippen LogP contribution in [-0.4, -0.2) is 17.2 Å². The van der Waals surface area contributed by atoms with E-state index < -0.39 is 0 Å². The fourth-order valence-corrected chi connectivity index (χ4v) is 1.65. The molecular formula is C15H21NO2.